The summed E-state index contributed by atoms with van der Waals surface area (Å²) in [6, 6.07) is 2.79. The Bertz CT molecular complexity index is 1100. The number of nitrogens with zero attached hydrogens (tertiary/aromatic N) is 1. The number of hydrogen-bond donors (Lipinski definition) is 3. The number of thiophene rings is 1. The Kier molecular flexibility index (Phi) is 8.67. The van der Waals surface area contributed by atoms with Gasteiger partial charge in [-0.2, -0.15) is 0 Å². The summed E-state index contributed by atoms with van der Waals surface area (Å²) >= 11 is 1.02. The molecule has 1 aromatic carbocycles. The number of rotatable bonds is 6. The molecule has 8 nitrogen and oxygen atoms in total. The van der Waals surface area contributed by atoms with Gasteiger partial charge >= 0.3 is 41.6 Å². The first kappa shape index (κ1) is 25.7. The summed E-state index contributed by atoms with van der Waals surface area (Å²) in [5.74, 6) is -3.96. The molecule has 3 N–H and O–H groups in total. The van der Waals surface area contributed by atoms with Crippen molar-refractivity contribution >= 4 is 35.0 Å². The molecule has 0 aliphatic carbocycles. The minimum atomic E-state index is -1.42. The van der Waals surface area contributed by atoms with Crippen LogP contribution in [0.3, 0.4) is 0 Å². The van der Waals surface area contributed by atoms with E-state index in [1.165, 1.54) is 31.4 Å². The van der Waals surface area contributed by atoms with Crippen LogP contribution in [0.1, 0.15) is 18.8 Å². The number of carboxylic acid groups (broad SMARTS) is 1. The molecule has 0 radical (unpaired) electrons. The van der Waals surface area contributed by atoms with E-state index in [0.717, 1.165) is 34.4 Å². The Morgan fingerprint density at radius 2 is 1.97 bits per heavy atom. The van der Waals surface area contributed by atoms with Gasteiger partial charge in [0.05, 0.1) is 12.5 Å². The monoisotopic (exact) mass is 473 g/mol. The van der Waals surface area contributed by atoms with Crippen molar-refractivity contribution in [1.82, 2.24) is 15.5 Å². The molecule has 3 rings (SSSR count). The summed E-state index contributed by atoms with van der Waals surface area (Å²) in [6.45, 7) is 0. The number of carboxylic acids is 1. The minimum absolute atomic E-state index is 0. The molecular formula is C20H18F2N3NaO5S. The van der Waals surface area contributed by atoms with Crippen LogP contribution in [0.4, 0.5) is 13.6 Å². The number of aliphatic carboxylic acids is 1. The third kappa shape index (κ3) is 6.00. The van der Waals surface area contributed by atoms with Gasteiger partial charge in [0.1, 0.15) is 11.6 Å². The molecule has 1 aliphatic rings. The smallest absolute Gasteiger partial charge is 1.00 e. The maximum Gasteiger partial charge on any atom is 1.00 e. The molecule has 0 saturated carbocycles. The van der Waals surface area contributed by atoms with Gasteiger partial charge in [0.15, 0.2) is 11.8 Å². The van der Waals surface area contributed by atoms with E-state index >= 15 is 0 Å². The molecule has 164 valence electrons. The summed E-state index contributed by atoms with van der Waals surface area (Å²) in [7, 11) is 1.42. The SMILES string of the molecule is CN1C=CC(=O)C(NC(=O)N[C@@H](CC(=O)O)c2ccc(-c3ccc(F)cc3F)s2)C1=O.[H-].[Na+]. The van der Waals surface area contributed by atoms with Gasteiger partial charge in [-0.1, -0.05) is 0 Å². The first-order valence-corrected chi connectivity index (χ1v) is 9.80. The Balaban J connectivity index is 0.00000272. The number of halogens is 2. The molecule has 1 unspecified atom stereocenters. The molecule has 0 saturated heterocycles. The molecule has 3 amide bonds. The fraction of sp³-hybridized carbons (Fsp3) is 0.200. The van der Waals surface area contributed by atoms with Gasteiger partial charge < -0.3 is 22.1 Å². The van der Waals surface area contributed by atoms with Crippen LogP contribution in [0.25, 0.3) is 10.4 Å². The van der Waals surface area contributed by atoms with Crippen LogP contribution in [0, 0.1) is 11.6 Å². The van der Waals surface area contributed by atoms with Gasteiger partial charge in [-0.25, -0.2) is 13.6 Å². The molecule has 2 aromatic rings. The Morgan fingerprint density at radius 3 is 2.62 bits per heavy atom. The van der Waals surface area contributed by atoms with E-state index in [1.54, 1.807) is 0 Å². The van der Waals surface area contributed by atoms with Crippen molar-refractivity contribution in [1.29, 1.82) is 0 Å². The fourth-order valence-electron chi connectivity index (χ4n) is 2.92. The molecule has 1 aromatic heterocycles. The zero-order chi connectivity index (χ0) is 22.7. The normalized spacial score (nSPS) is 16.3. The van der Waals surface area contributed by atoms with Crippen molar-refractivity contribution in [2.75, 3.05) is 7.05 Å². The van der Waals surface area contributed by atoms with Crippen molar-refractivity contribution in [2.45, 2.75) is 18.5 Å². The van der Waals surface area contributed by atoms with Crippen LogP contribution in [-0.2, 0) is 14.4 Å². The molecule has 2 atom stereocenters. The Hall–Kier alpha value is -2.60. The van der Waals surface area contributed by atoms with E-state index in [2.05, 4.69) is 10.6 Å². The molecule has 32 heavy (non-hydrogen) atoms. The van der Waals surface area contributed by atoms with Crippen molar-refractivity contribution in [3.05, 3.63) is 59.1 Å². The van der Waals surface area contributed by atoms with Crippen molar-refractivity contribution < 1.29 is 64.0 Å². The summed E-state index contributed by atoms with van der Waals surface area (Å²) in [4.78, 5) is 49.6. The van der Waals surface area contributed by atoms with E-state index in [4.69, 9.17) is 0 Å². The number of urea groups is 1. The predicted octanol–water partition coefficient (Wildman–Crippen LogP) is -0.452. The average molecular weight is 473 g/mol. The second kappa shape index (κ2) is 10.8. The van der Waals surface area contributed by atoms with Crippen molar-refractivity contribution in [2.24, 2.45) is 0 Å². The third-order valence-electron chi connectivity index (χ3n) is 4.47. The Labute approximate surface area is 209 Å². The van der Waals surface area contributed by atoms with Crippen molar-refractivity contribution in [3.63, 3.8) is 0 Å². The number of ketones is 1. The summed E-state index contributed by atoms with van der Waals surface area (Å²) < 4.78 is 27.2. The molecule has 0 spiro atoms. The summed E-state index contributed by atoms with van der Waals surface area (Å²) in [5, 5.41) is 13.9. The molecule has 2 heterocycles. The molecule has 1 aliphatic heterocycles. The molecule has 0 fully saturated rings. The van der Waals surface area contributed by atoms with Gasteiger partial charge in [-0.05, 0) is 24.3 Å². The predicted molar refractivity (Wildman–Crippen MR) is 108 cm³/mol. The number of nitrogens with one attached hydrogen (secondary N) is 2. The summed E-state index contributed by atoms with van der Waals surface area (Å²) in [6.07, 6.45) is 1.92. The number of carbonyl (C=O) groups is 4. The zero-order valence-corrected chi connectivity index (χ0v) is 19.9. The van der Waals surface area contributed by atoms with E-state index in [0.29, 0.717) is 9.75 Å². The second-order valence-electron chi connectivity index (χ2n) is 6.69. The van der Waals surface area contributed by atoms with Gasteiger partial charge in [0.2, 0.25) is 0 Å². The first-order chi connectivity index (χ1) is 14.7. The maximum atomic E-state index is 14.1. The number of carbonyl (C=O) groups excluding carboxylic acids is 3. The van der Waals surface area contributed by atoms with Gasteiger partial charge in [-0.3, -0.25) is 14.4 Å². The van der Waals surface area contributed by atoms with E-state index in [-0.39, 0.29) is 36.5 Å². The topological polar surface area (TPSA) is 116 Å². The number of likely N-dealkylation sites (N-methyl/N-ethyl adjacent to an activating group) is 1. The van der Waals surface area contributed by atoms with Gasteiger partial charge in [0.25, 0.3) is 5.91 Å². The van der Waals surface area contributed by atoms with E-state index < -0.39 is 53.8 Å². The van der Waals surface area contributed by atoms with Gasteiger partial charge in [-0.15, -0.1) is 11.3 Å². The van der Waals surface area contributed by atoms with Crippen LogP contribution >= 0.6 is 11.3 Å². The van der Waals surface area contributed by atoms with E-state index in [9.17, 15) is 33.1 Å². The largest absolute Gasteiger partial charge is 1.00 e. The number of hydrogen-bond acceptors (Lipinski definition) is 5. The first-order valence-electron chi connectivity index (χ1n) is 8.98. The van der Waals surface area contributed by atoms with Gasteiger partial charge in [0, 0.05) is 40.7 Å². The quantitative estimate of drug-likeness (QED) is 0.388. The number of amides is 3. The molecule has 12 heteroatoms. The average Bonchev–Trinajstić information content (AvgIpc) is 3.17. The Morgan fingerprint density at radius 1 is 1.25 bits per heavy atom. The standard InChI is InChI=1S/C20H17F2N3O5S.Na.H/c1-25-7-6-14(26)18(19(25)29)24-20(30)23-13(9-17(27)28)16-5-4-15(31-16)11-3-2-10(21)8-12(11)22;;/h2-8,13,18H,9H2,1H3,(H,27,28)(H2,23,24,30);;/q;+1;-1/t13-,18?;;/m0../s1. The van der Waals surface area contributed by atoms with Crippen LogP contribution < -0.4 is 40.2 Å². The minimum Gasteiger partial charge on any atom is -1.00 e. The van der Waals surface area contributed by atoms with E-state index in [1.807, 2.05) is 0 Å². The molecular weight excluding hydrogens is 455 g/mol. The van der Waals surface area contributed by atoms with Crippen molar-refractivity contribution in [3.8, 4) is 10.4 Å². The van der Waals surface area contributed by atoms with Crippen LogP contribution in [-0.4, -0.2) is 46.8 Å². The third-order valence-corrected chi connectivity index (χ3v) is 5.70. The van der Waals surface area contributed by atoms with Crippen LogP contribution in [0.15, 0.2) is 42.6 Å². The van der Waals surface area contributed by atoms with Crippen LogP contribution in [0.5, 0.6) is 0 Å². The maximum absolute atomic E-state index is 14.1. The zero-order valence-electron chi connectivity index (χ0n) is 18.1. The second-order valence-corrected chi connectivity index (χ2v) is 7.81. The summed E-state index contributed by atoms with van der Waals surface area (Å²) in [5.41, 5.74) is 0.129. The fourth-order valence-corrected chi connectivity index (χ4v) is 4.00. The van der Waals surface area contributed by atoms with Crippen LogP contribution in [0.2, 0.25) is 0 Å². The molecule has 0 bridgehead atoms. The number of benzene rings is 1.